The van der Waals surface area contributed by atoms with Gasteiger partial charge in [-0.25, -0.2) is 4.98 Å². The van der Waals surface area contributed by atoms with Crippen LogP contribution in [0.1, 0.15) is 26.2 Å². The molecule has 2 unspecified atom stereocenters. The fourth-order valence-corrected chi connectivity index (χ4v) is 2.83. The van der Waals surface area contributed by atoms with Crippen molar-refractivity contribution < 1.29 is 0 Å². The van der Waals surface area contributed by atoms with E-state index in [2.05, 4.69) is 33.7 Å². The molecule has 2 heterocycles. The van der Waals surface area contributed by atoms with Gasteiger partial charge < -0.3 is 14.8 Å². The molecular formula is C14H26N4. The van der Waals surface area contributed by atoms with E-state index in [1.165, 1.54) is 38.9 Å². The van der Waals surface area contributed by atoms with Gasteiger partial charge >= 0.3 is 0 Å². The van der Waals surface area contributed by atoms with E-state index in [4.69, 9.17) is 0 Å². The maximum Gasteiger partial charge on any atom is 0.0945 e. The number of aryl methyl sites for hydroxylation is 1. The van der Waals surface area contributed by atoms with Crippen molar-refractivity contribution in [2.75, 3.05) is 26.7 Å². The zero-order chi connectivity index (χ0) is 12.8. The molecule has 0 saturated carbocycles. The summed E-state index contributed by atoms with van der Waals surface area (Å²) in [5, 5.41) is 3.39. The van der Waals surface area contributed by atoms with E-state index >= 15 is 0 Å². The van der Waals surface area contributed by atoms with Gasteiger partial charge in [0, 0.05) is 31.5 Å². The van der Waals surface area contributed by atoms with Crippen molar-refractivity contribution in [3.8, 4) is 0 Å². The lowest BCUT2D eigenvalue weighted by molar-refractivity contribution is 0.150. The highest BCUT2D eigenvalue weighted by Gasteiger charge is 2.23. The molecule has 1 aromatic rings. The Kier molecular flexibility index (Phi) is 5.20. The molecule has 1 saturated heterocycles. The first-order chi connectivity index (χ1) is 8.79. The number of rotatable bonds is 6. The molecule has 0 aliphatic carbocycles. The third-order valence-corrected chi connectivity index (χ3v) is 4.15. The largest absolute Gasteiger partial charge is 0.337 e. The van der Waals surface area contributed by atoms with Crippen LogP contribution in [-0.2, 0) is 6.54 Å². The second-order valence-corrected chi connectivity index (χ2v) is 5.43. The molecule has 102 valence electrons. The SMILES string of the molecule is CNC(C)C1CCCN(CCCn2ccnc2)C1. The first kappa shape index (κ1) is 13.6. The Morgan fingerprint density at radius 1 is 1.44 bits per heavy atom. The smallest absolute Gasteiger partial charge is 0.0945 e. The van der Waals surface area contributed by atoms with Crippen LogP contribution in [0.2, 0.25) is 0 Å². The van der Waals surface area contributed by atoms with Crippen molar-refractivity contribution >= 4 is 0 Å². The number of piperidine rings is 1. The van der Waals surface area contributed by atoms with Crippen LogP contribution in [0.25, 0.3) is 0 Å². The zero-order valence-corrected chi connectivity index (χ0v) is 11.7. The summed E-state index contributed by atoms with van der Waals surface area (Å²) >= 11 is 0. The average Bonchev–Trinajstić information content (AvgIpc) is 2.91. The fourth-order valence-electron chi connectivity index (χ4n) is 2.83. The van der Waals surface area contributed by atoms with E-state index in [1.54, 1.807) is 0 Å². The van der Waals surface area contributed by atoms with Gasteiger partial charge in [0.25, 0.3) is 0 Å². The summed E-state index contributed by atoms with van der Waals surface area (Å²) in [5.74, 6) is 0.817. The Labute approximate surface area is 110 Å². The van der Waals surface area contributed by atoms with Crippen LogP contribution in [0.3, 0.4) is 0 Å². The Morgan fingerprint density at radius 2 is 2.33 bits per heavy atom. The quantitative estimate of drug-likeness (QED) is 0.832. The summed E-state index contributed by atoms with van der Waals surface area (Å²) in [6.45, 7) is 7.14. The van der Waals surface area contributed by atoms with Crippen molar-refractivity contribution in [2.45, 2.75) is 38.8 Å². The number of hydrogen-bond donors (Lipinski definition) is 1. The topological polar surface area (TPSA) is 33.1 Å². The van der Waals surface area contributed by atoms with E-state index in [0.717, 1.165) is 12.5 Å². The van der Waals surface area contributed by atoms with Gasteiger partial charge in [-0.15, -0.1) is 0 Å². The molecule has 2 rings (SSSR count). The zero-order valence-electron chi connectivity index (χ0n) is 11.7. The summed E-state index contributed by atoms with van der Waals surface area (Å²) < 4.78 is 2.16. The lowest BCUT2D eigenvalue weighted by Gasteiger charge is -2.35. The molecule has 0 spiro atoms. The van der Waals surface area contributed by atoms with Crippen LogP contribution in [0.4, 0.5) is 0 Å². The van der Waals surface area contributed by atoms with Gasteiger partial charge in [0.15, 0.2) is 0 Å². The van der Waals surface area contributed by atoms with Gasteiger partial charge in [0.2, 0.25) is 0 Å². The Morgan fingerprint density at radius 3 is 3.06 bits per heavy atom. The molecule has 0 aromatic carbocycles. The molecule has 1 aromatic heterocycles. The van der Waals surface area contributed by atoms with Gasteiger partial charge in [0.1, 0.15) is 0 Å². The predicted molar refractivity (Wildman–Crippen MR) is 74.5 cm³/mol. The number of imidazole rings is 1. The van der Waals surface area contributed by atoms with Gasteiger partial charge in [-0.1, -0.05) is 0 Å². The van der Waals surface area contributed by atoms with Crippen molar-refractivity contribution in [2.24, 2.45) is 5.92 Å². The van der Waals surface area contributed by atoms with Crippen LogP contribution in [-0.4, -0.2) is 47.2 Å². The third-order valence-electron chi connectivity index (χ3n) is 4.15. The van der Waals surface area contributed by atoms with E-state index < -0.39 is 0 Å². The normalized spacial score (nSPS) is 23.1. The van der Waals surface area contributed by atoms with Crippen molar-refractivity contribution in [1.29, 1.82) is 0 Å². The Bertz CT molecular complexity index is 323. The molecule has 0 radical (unpaired) electrons. The molecule has 4 heteroatoms. The molecule has 0 bridgehead atoms. The van der Waals surface area contributed by atoms with E-state index in [-0.39, 0.29) is 0 Å². The minimum Gasteiger partial charge on any atom is -0.337 e. The number of nitrogens with zero attached hydrogens (tertiary/aromatic N) is 3. The third kappa shape index (κ3) is 3.82. The second-order valence-electron chi connectivity index (χ2n) is 5.43. The average molecular weight is 250 g/mol. The van der Waals surface area contributed by atoms with E-state index in [0.29, 0.717) is 6.04 Å². The van der Waals surface area contributed by atoms with Crippen LogP contribution in [0, 0.1) is 5.92 Å². The minimum absolute atomic E-state index is 0.640. The summed E-state index contributed by atoms with van der Waals surface area (Å²) in [5.41, 5.74) is 0. The summed E-state index contributed by atoms with van der Waals surface area (Å²) in [4.78, 5) is 6.70. The second kappa shape index (κ2) is 6.90. The van der Waals surface area contributed by atoms with Crippen LogP contribution < -0.4 is 5.32 Å². The lowest BCUT2D eigenvalue weighted by Crippen LogP contribution is -2.43. The van der Waals surface area contributed by atoms with E-state index in [1.807, 2.05) is 18.7 Å². The molecule has 1 N–H and O–H groups in total. The molecule has 4 nitrogen and oxygen atoms in total. The van der Waals surface area contributed by atoms with Crippen LogP contribution in [0.15, 0.2) is 18.7 Å². The van der Waals surface area contributed by atoms with Crippen molar-refractivity contribution in [3.63, 3.8) is 0 Å². The summed E-state index contributed by atoms with van der Waals surface area (Å²) in [6, 6.07) is 0.640. The van der Waals surface area contributed by atoms with Gasteiger partial charge in [0.05, 0.1) is 6.33 Å². The highest BCUT2D eigenvalue weighted by molar-refractivity contribution is 4.80. The monoisotopic (exact) mass is 250 g/mol. The molecule has 1 aliphatic rings. The predicted octanol–water partition coefficient (Wildman–Crippen LogP) is 1.59. The van der Waals surface area contributed by atoms with Crippen LogP contribution >= 0.6 is 0 Å². The highest BCUT2D eigenvalue weighted by Crippen LogP contribution is 2.19. The van der Waals surface area contributed by atoms with Gasteiger partial charge in [-0.05, 0) is 52.2 Å². The molecule has 18 heavy (non-hydrogen) atoms. The van der Waals surface area contributed by atoms with Crippen LogP contribution in [0.5, 0.6) is 0 Å². The van der Waals surface area contributed by atoms with Gasteiger partial charge in [-0.3, -0.25) is 0 Å². The van der Waals surface area contributed by atoms with Gasteiger partial charge in [-0.2, -0.15) is 0 Å². The number of hydrogen-bond acceptors (Lipinski definition) is 3. The molecule has 1 fully saturated rings. The first-order valence-electron chi connectivity index (χ1n) is 7.15. The highest BCUT2D eigenvalue weighted by atomic mass is 15.1. The molecule has 2 atom stereocenters. The molecular weight excluding hydrogens is 224 g/mol. The maximum atomic E-state index is 4.08. The standard InChI is InChI=1S/C14H26N4/c1-13(15-2)14-5-3-7-17(11-14)8-4-9-18-10-6-16-12-18/h6,10,12-15H,3-5,7-9,11H2,1-2H3. The number of aromatic nitrogens is 2. The van der Waals surface area contributed by atoms with Crippen molar-refractivity contribution in [1.82, 2.24) is 19.8 Å². The maximum absolute atomic E-state index is 4.08. The summed E-state index contributed by atoms with van der Waals surface area (Å²) in [6.07, 6.45) is 9.74. The minimum atomic E-state index is 0.640. The molecule has 1 aliphatic heterocycles. The van der Waals surface area contributed by atoms with Crippen molar-refractivity contribution in [3.05, 3.63) is 18.7 Å². The molecule has 0 amide bonds. The summed E-state index contributed by atoms with van der Waals surface area (Å²) in [7, 11) is 2.07. The first-order valence-corrected chi connectivity index (χ1v) is 7.15. The Hall–Kier alpha value is -0.870. The fraction of sp³-hybridized carbons (Fsp3) is 0.786. The number of likely N-dealkylation sites (tertiary alicyclic amines) is 1. The van der Waals surface area contributed by atoms with E-state index in [9.17, 15) is 0 Å². The number of nitrogens with one attached hydrogen (secondary N) is 1. The lowest BCUT2D eigenvalue weighted by atomic mass is 9.91. The Balaban J connectivity index is 1.69.